The third kappa shape index (κ3) is 4.72. The van der Waals surface area contributed by atoms with Crippen LogP contribution in [0.2, 0.25) is 0 Å². The van der Waals surface area contributed by atoms with Crippen LogP contribution in [-0.2, 0) is 7.05 Å². The first-order valence-electron chi connectivity index (χ1n) is 11.1. The van der Waals surface area contributed by atoms with Crippen LogP contribution in [0.15, 0.2) is 55.2 Å². The average Bonchev–Trinajstić information content (AvgIpc) is 3.30. The second-order valence-electron chi connectivity index (χ2n) is 8.26. The van der Waals surface area contributed by atoms with E-state index in [9.17, 15) is 9.18 Å². The van der Waals surface area contributed by atoms with Gasteiger partial charge in [0.1, 0.15) is 18.3 Å². The van der Waals surface area contributed by atoms with Gasteiger partial charge in [-0.05, 0) is 29.7 Å². The summed E-state index contributed by atoms with van der Waals surface area (Å²) < 4.78 is 14.3. The van der Waals surface area contributed by atoms with Gasteiger partial charge in [-0.1, -0.05) is 0 Å². The third-order valence-corrected chi connectivity index (χ3v) is 5.95. The number of fused-ring (bicyclic) bond motifs is 1. The van der Waals surface area contributed by atoms with Gasteiger partial charge >= 0.3 is 0 Å². The van der Waals surface area contributed by atoms with Crippen molar-refractivity contribution < 1.29 is 9.18 Å². The molecule has 0 unspecified atom stereocenters. The Morgan fingerprint density at radius 3 is 2.62 bits per heavy atom. The van der Waals surface area contributed by atoms with E-state index in [1.54, 1.807) is 41.6 Å². The second-order valence-corrected chi connectivity index (χ2v) is 8.26. The van der Waals surface area contributed by atoms with Gasteiger partial charge in [0.15, 0.2) is 0 Å². The maximum absolute atomic E-state index is 12.9. The van der Waals surface area contributed by atoms with Crippen LogP contribution in [0, 0.1) is 0 Å². The first-order chi connectivity index (χ1) is 16.6. The van der Waals surface area contributed by atoms with Crippen molar-refractivity contribution in [3.8, 4) is 11.3 Å². The van der Waals surface area contributed by atoms with Gasteiger partial charge < -0.3 is 10.2 Å². The summed E-state index contributed by atoms with van der Waals surface area (Å²) in [5.41, 5.74) is 2.22. The number of carbonyl (C=O) groups excluding carboxylic acids is 1. The summed E-state index contributed by atoms with van der Waals surface area (Å²) in [6, 6.07) is 7.26. The number of aryl methyl sites for hydroxylation is 1. The highest BCUT2D eigenvalue weighted by Gasteiger charge is 2.19. The van der Waals surface area contributed by atoms with Crippen molar-refractivity contribution in [2.45, 2.75) is 0 Å². The highest BCUT2D eigenvalue weighted by atomic mass is 19.1. The summed E-state index contributed by atoms with van der Waals surface area (Å²) >= 11 is 0. The van der Waals surface area contributed by atoms with E-state index in [2.05, 4.69) is 35.2 Å². The fourth-order valence-electron chi connectivity index (χ4n) is 4.06. The molecule has 0 bridgehead atoms. The molecule has 10 heteroatoms. The van der Waals surface area contributed by atoms with Crippen molar-refractivity contribution in [3.05, 3.63) is 60.8 Å². The van der Waals surface area contributed by atoms with Gasteiger partial charge in [0.05, 0.1) is 11.9 Å². The van der Waals surface area contributed by atoms with E-state index < -0.39 is 0 Å². The van der Waals surface area contributed by atoms with E-state index in [1.807, 2.05) is 25.4 Å². The summed E-state index contributed by atoms with van der Waals surface area (Å²) in [7, 11) is 1.86. The molecule has 4 aromatic rings. The SMILES string of the molecule is Cn1cc(-c2cc3cc(NC(=O)c4ccnc(N5CCN(CCF)CC5)c4)ncc3cn2)cn1. The Hall–Kier alpha value is -3.92. The van der Waals surface area contributed by atoms with Crippen LogP contribution in [0.4, 0.5) is 16.0 Å². The van der Waals surface area contributed by atoms with Gasteiger partial charge in [-0.25, -0.2) is 14.4 Å². The predicted octanol–water partition coefficient (Wildman–Crippen LogP) is 2.77. The predicted molar refractivity (Wildman–Crippen MR) is 129 cm³/mol. The zero-order chi connectivity index (χ0) is 23.5. The largest absolute Gasteiger partial charge is 0.354 e. The minimum absolute atomic E-state index is 0.256. The molecule has 1 amide bonds. The minimum atomic E-state index is -0.335. The van der Waals surface area contributed by atoms with Gasteiger partial charge in [-0.2, -0.15) is 5.10 Å². The Bertz CT molecular complexity index is 1320. The monoisotopic (exact) mass is 460 g/mol. The molecule has 0 saturated carbocycles. The summed E-state index contributed by atoms with van der Waals surface area (Å²) in [4.78, 5) is 30.4. The van der Waals surface area contributed by atoms with Gasteiger partial charge in [0.25, 0.3) is 5.91 Å². The van der Waals surface area contributed by atoms with Crippen molar-refractivity contribution in [3.63, 3.8) is 0 Å². The van der Waals surface area contributed by atoms with Crippen LogP contribution in [0.3, 0.4) is 0 Å². The van der Waals surface area contributed by atoms with Crippen molar-refractivity contribution in [2.24, 2.45) is 7.05 Å². The van der Waals surface area contributed by atoms with Crippen LogP contribution in [0.25, 0.3) is 22.0 Å². The van der Waals surface area contributed by atoms with E-state index in [1.165, 1.54) is 0 Å². The number of halogens is 1. The zero-order valence-electron chi connectivity index (χ0n) is 18.9. The highest BCUT2D eigenvalue weighted by molar-refractivity contribution is 6.05. The van der Waals surface area contributed by atoms with Crippen LogP contribution in [-0.4, -0.2) is 74.9 Å². The number of hydrogen-bond donors (Lipinski definition) is 1. The molecule has 0 aliphatic carbocycles. The molecule has 1 N–H and O–H groups in total. The molecule has 34 heavy (non-hydrogen) atoms. The number of aromatic nitrogens is 5. The molecule has 0 spiro atoms. The van der Waals surface area contributed by atoms with Gasteiger partial charge in [0.2, 0.25) is 0 Å². The van der Waals surface area contributed by atoms with Crippen LogP contribution in [0.5, 0.6) is 0 Å². The van der Waals surface area contributed by atoms with Crippen molar-refractivity contribution >= 4 is 28.3 Å². The summed E-state index contributed by atoms with van der Waals surface area (Å²) in [5.74, 6) is 0.943. The number of piperazine rings is 1. The normalized spacial score (nSPS) is 14.5. The van der Waals surface area contributed by atoms with Crippen molar-refractivity contribution in [1.29, 1.82) is 0 Å². The lowest BCUT2D eigenvalue weighted by Crippen LogP contribution is -2.47. The van der Waals surface area contributed by atoms with E-state index in [0.717, 1.165) is 54.0 Å². The molecule has 174 valence electrons. The molecule has 0 aromatic carbocycles. The number of rotatable bonds is 6. The molecule has 1 fully saturated rings. The Morgan fingerprint density at radius 1 is 1.03 bits per heavy atom. The Labute approximate surface area is 196 Å². The first-order valence-corrected chi connectivity index (χ1v) is 11.1. The lowest BCUT2D eigenvalue weighted by molar-refractivity contribution is 0.102. The smallest absolute Gasteiger partial charge is 0.257 e. The van der Waals surface area contributed by atoms with Crippen molar-refractivity contribution in [1.82, 2.24) is 29.6 Å². The quantitative estimate of drug-likeness (QED) is 0.473. The molecule has 5 heterocycles. The summed E-state index contributed by atoms with van der Waals surface area (Å²) in [6.07, 6.45) is 8.76. The van der Waals surface area contributed by atoms with Gasteiger partial charge in [0, 0.05) is 81.1 Å². The fraction of sp³-hybridized carbons (Fsp3) is 0.292. The molecule has 1 saturated heterocycles. The third-order valence-electron chi connectivity index (χ3n) is 5.95. The lowest BCUT2D eigenvalue weighted by Gasteiger charge is -2.35. The minimum Gasteiger partial charge on any atom is -0.354 e. The average molecular weight is 461 g/mol. The second kappa shape index (κ2) is 9.52. The molecular formula is C24H25FN8O. The van der Waals surface area contributed by atoms with E-state index in [4.69, 9.17) is 0 Å². The Balaban J connectivity index is 1.31. The molecule has 9 nitrogen and oxygen atoms in total. The van der Waals surface area contributed by atoms with Crippen LogP contribution < -0.4 is 10.2 Å². The van der Waals surface area contributed by atoms with Crippen LogP contribution in [0.1, 0.15) is 10.4 Å². The number of nitrogens with one attached hydrogen (secondary N) is 1. The number of nitrogens with zero attached hydrogens (tertiary/aromatic N) is 7. The van der Waals surface area contributed by atoms with Crippen LogP contribution >= 0.6 is 0 Å². The number of anilines is 2. The number of alkyl halides is 1. The number of carbonyl (C=O) groups is 1. The maximum Gasteiger partial charge on any atom is 0.257 e. The van der Waals surface area contributed by atoms with E-state index in [0.29, 0.717) is 17.9 Å². The highest BCUT2D eigenvalue weighted by Crippen LogP contribution is 2.23. The Kier molecular flexibility index (Phi) is 6.13. The topological polar surface area (TPSA) is 92.1 Å². The molecule has 1 aliphatic rings. The van der Waals surface area contributed by atoms with Gasteiger partial charge in [-0.15, -0.1) is 0 Å². The first kappa shape index (κ1) is 21.9. The molecule has 0 radical (unpaired) electrons. The van der Waals surface area contributed by atoms with E-state index in [-0.39, 0.29) is 12.6 Å². The van der Waals surface area contributed by atoms with Gasteiger partial charge in [-0.3, -0.25) is 19.4 Å². The Morgan fingerprint density at radius 2 is 1.85 bits per heavy atom. The molecule has 0 atom stereocenters. The number of amides is 1. The number of hydrogen-bond acceptors (Lipinski definition) is 7. The lowest BCUT2D eigenvalue weighted by atomic mass is 10.1. The fourth-order valence-corrected chi connectivity index (χ4v) is 4.06. The standard InChI is InChI=1S/C24H25FN8O/c1-31-16-20(15-29-31)21-10-18-11-22(28-14-19(18)13-27-21)30-24(34)17-2-4-26-23(12-17)33-8-6-32(5-3-25)7-9-33/h2,4,10-16H,3,5-9H2,1H3,(H,28,30,34). The molecular weight excluding hydrogens is 435 g/mol. The molecule has 1 aliphatic heterocycles. The van der Waals surface area contributed by atoms with E-state index >= 15 is 0 Å². The summed E-state index contributed by atoms with van der Waals surface area (Å²) in [5, 5.41) is 8.88. The summed E-state index contributed by atoms with van der Waals surface area (Å²) in [6.45, 7) is 3.17. The maximum atomic E-state index is 12.9. The molecule has 4 aromatic heterocycles. The molecule has 5 rings (SSSR count). The van der Waals surface area contributed by atoms with Crippen molar-refractivity contribution in [2.75, 3.05) is 49.6 Å². The number of pyridine rings is 3. The zero-order valence-corrected chi connectivity index (χ0v) is 18.9.